The van der Waals surface area contributed by atoms with Crippen molar-refractivity contribution in [2.75, 3.05) is 0 Å². The molecule has 2 heterocycles. The second-order valence-electron chi connectivity index (χ2n) is 4.69. The molecule has 0 unspecified atom stereocenters. The van der Waals surface area contributed by atoms with Crippen molar-refractivity contribution < 1.29 is 21.1 Å². The first kappa shape index (κ1) is 16.8. The van der Waals surface area contributed by atoms with Gasteiger partial charge in [-0.2, -0.15) is 0 Å². The van der Waals surface area contributed by atoms with Crippen molar-refractivity contribution in [3.05, 3.63) is 79.6 Å². The summed E-state index contributed by atoms with van der Waals surface area (Å²) in [6, 6.07) is 21.8. The number of hydrogen-bond acceptors (Lipinski definition) is 3. The fourth-order valence-electron chi connectivity index (χ4n) is 2.45. The molecule has 0 N–H and O–H groups in total. The van der Waals surface area contributed by atoms with Crippen LogP contribution in [0.3, 0.4) is 0 Å². The van der Waals surface area contributed by atoms with Crippen molar-refractivity contribution in [2.45, 2.75) is 0 Å². The van der Waals surface area contributed by atoms with Crippen LogP contribution < -0.4 is 0 Å². The van der Waals surface area contributed by atoms with E-state index in [2.05, 4.69) is 46.4 Å². The zero-order valence-corrected chi connectivity index (χ0v) is 14.3. The molecule has 0 aliphatic rings. The van der Waals surface area contributed by atoms with E-state index in [1.54, 1.807) is 6.20 Å². The maximum absolute atomic E-state index is 6.25. The van der Waals surface area contributed by atoms with Crippen LogP contribution >= 0.6 is 0 Å². The molecule has 0 saturated heterocycles. The molecule has 0 radical (unpaired) electrons. The molecular weight excluding hydrogens is 465 g/mol. The van der Waals surface area contributed by atoms with Crippen LogP contribution in [-0.2, 0) is 21.1 Å². The Morgan fingerprint density at radius 1 is 0.783 bits per heavy atom. The molecule has 4 aromatic rings. The maximum atomic E-state index is 6.25. The van der Waals surface area contributed by atoms with Crippen LogP contribution in [0.15, 0.2) is 67.0 Å². The first-order chi connectivity index (χ1) is 10.9. The summed E-state index contributed by atoms with van der Waals surface area (Å²) in [6.07, 6.45) is 3.62. The van der Waals surface area contributed by atoms with Crippen LogP contribution in [0.1, 0.15) is 0 Å². The Morgan fingerprint density at radius 2 is 1.52 bits per heavy atom. The van der Waals surface area contributed by atoms with Crippen LogP contribution in [0.25, 0.3) is 32.9 Å². The standard InChI is InChI=1S/C18H11N2.CN.Pt/c1-2-10-19-17(5-1)15-9-7-13-6-8-14-4-3-11-20-18(14)16(13)12-15;1-2;/h1-11H;;/q2*-1;+2. The fourth-order valence-corrected chi connectivity index (χ4v) is 2.45. The van der Waals surface area contributed by atoms with Gasteiger partial charge in [0.05, 0.1) is 0 Å². The minimum absolute atomic E-state index is 0. The van der Waals surface area contributed by atoms with Gasteiger partial charge in [-0.05, 0) is 17.5 Å². The van der Waals surface area contributed by atoms with Crippen molar-refractivity contribution in [1.29, 1.82) is 5.26 Å². The zero-order chi connectivity index (χ0) is 15.4. The van der Waals surface area contributed by atoms with Gasteiger partial charge in [-0.25, -0.2) is 0 Å². The van der Waals surface area contributed by atoms with E-state index in [4.69, 9.17) is 11.8 Å². The molecular formula is C19H11N3Pt. The van der Waals surface area contributed by atoms with Crippen LogP contribution in [0.5, 0.6) is 0 Å². The molecule has 0 fully saturated rings. The molecule has 2 aromatic heterocycles. The van der Waals surface area contributed by atoms with Crippen molar-refractivity contribution in [1.82, 2.24) is 9.97 Å². The molecule has 0 spiro atoms. The third-order valence-electron chi connectivity index (χ3n) is 3.44. The van der Waals surface area contributed by atoms with Crippen LogP contribution in [0.2, 0.25) is 0 Å². The second-order valence-corrected chi connectivity index (χ2v) is 4.69. The molecule has 0 atom stereocenters. The number of rotatable bonds is 1. The minimum Gasteiger partial charge on any atom is -0.512 e. The third kappa shape index (κ3) is 3.28. The smallest absolute Gasteiger partial charge is 0.512 e. The molecule has 3 nitrogen and oxygen atoms in total. The molecule has 23 heavy (non-hydrogen) atoms. The van der Waals surface area contributed by atoms with E-state index in [1.807, 2.05) is 30.5 Å². The summed E-state index contributed by atoms with van der Waals surface area (Å²) in [5.41, 5.74) is 2.92. The van der Waals surface area contributed by atoms with E-state index >= 15 is 0 Å². The topological polar surface area (TPSA) is 49.6 Å². The SMILES string of the molecule is [C-]#N.[Pt+2].[c-]1c(-c2ccccn2)ccc2ccc3cccnc3c12. The van der Waals surface area contributed by atoms with E-state index in [-0.39, 0.29) is 21.1 Å². The van der Waals surface area contributed by atoms with Gasteiger partial charge < -0.3 is 11.8 Å². The number of aromatic nitrogens is 2. The van der Waals surface area contributed by atoms with Gasteiger partial charge in [0.15, 0.2) is 0 Å². The van der Waals surface area contributed by atoms with Crippen LogP contribution in [0.4, 0.5) is 0 Å². The Kier molecular flexibility index (Phi) is 5.57. The summed E-state index contributed by atoms with van der Waals surface area (Å²) in [5.74, 6) is 0. The number of pyridine rings is 2. The van der Waals surface area contributed by atoms with Crippen molar-refractivity contribution in [3.63, 3.8) is 0 Å². The quantitative estimate of drug-likeness (QED) is 0.303. The molecule has 0 saturated carbocycles. The van der Waals surface area contributed by atoms with Gasteiger partial charge in [-0.15, -0.1) is 18.2 Å². The Hall–Kier alpha value is -2.56. The largest absolute Gasteiger partial charge is 2.00 e. The number of nitrogens with zero attached hydrogens (tertiary/aromatic N) is 3. The molecule has 4 rings (SSSR count). The molecule has 0 bridgehead atoms. The summed E-state index contributed by atoms with van der Waals surface area (Å²) in [6.45, 7) is 4.75. The average Bonchev–Trinajstić information content (AvgIpc) is 2.63. The van der Waals surface area contributed by atoms with E-state index in [1.165, 1.54) is 0 Å². The van der Waals surface area contributed by atoms with E-state index in [0.29, 0.717) is 0 Å². The summed E-state index contributed by atoms with van der Waals surface area (Å²) < 4.78 is 0. The predicted molar refractivity (Wildman–Crippen MR) is 86.3 cm³/mol. The van der Waals surface area contributed by atoms with Crippen molar-refractivity contribution >= 4 is 21.7 Å². The summed E-state index contributed by atoms with van der Waals surface area (Å²) in [4.78, 5) is 8.88. The Labute approximate surface area is 148 Å². The Bertz CT molecular complexity index is 949. The molecule has 2 aromatic carbocycles. The maximum Gasteiger partial charge on any atom is 2.00 e. The molecule has 0 aliphatic heterocycles. The first-order valence-electron chi connectivity index (χ1n) is 6.75. The molecule has 112 valence electrons. The first-order valence-corrected chi connectivity index (χ1v) is 6.75. The van der Waals surface area contributed by atoms with Gasteiger partial charge in [-0.3, -0.25) is 9.97 Å². The van der Waals surface area contributed by atoms with Gasteiger partial charge in [0.2, 0.25) is 0 Å². The monoisotopic (exact) mass is 476 g/mol. The van der Waals surface area contributed by atoms with Gasteiger partial charge in [-0.1, -0.05) is 46.7 Å². The normalized spacial score (nSPS) is 9.65. The zero-order valence-electron chi connectivity index (χ0n) is 12.0. The third-order valence-corrected chi connectivity index (χ3v) is 3.44. The van der Waals surface area contributed by atoms with Gasteiger partial charge in [0.25, 0.3) is 0 Å². The molecule has 0 aliphatic carbocycles. The van der Waals surface area contributed by atoms with E-state index in [0.717, 1.165) is 32.9 Å². The predicted octanol–water partition coefficient (Wildman–Crippen LogP) is 4.34. The number of fused-ring (bicyclic) bond motifs is 3. The second kappa shape index (κ2) is 7.63. The summed E-state index contributed by atoms with van der Waals surface area (Å²) in [5, 5.41) is 9.58. The van der Waals surface area contributed by atoms with Crippen molar-refractivity contribution in [2.24, 2.45) is 0 Å². The number of hydrogen-bond donors (Lipinski definition) is 0. The molecule has 4 heteroatoms. The summed E-state index contributed by atoms with van der Waals surface area (Å²) >= 11 is 0. The Balaban J connectivity index is 0.000000617. The Morgan fingerprint density at radius 3 is 2.30 bits per heavy atom. The van der Waals surface area contributed by atoms with E-state index < -0.39 is 0 Å². The minimum atomic E-state index is 0. The molecule has 0 amide bonds. The van der Waals surface area contributed by atoms with Crippen molar-refractivity contribution in [3.8, 4) is 11.3 Å². The average molecular weight is 476 g/mol. The van der Waals surface area contributed by atoms with Crippen LogP contribution in [0, 0.1) is 17.9 Å². The number of benzene rings is 2. The van der Waals surface area contributed by atoms with Gasteiger partial charge in [0.1, 0.15) is 0 Å². The van der Waals surface area contributed by atoms with Gasteiger partial charge >= 0.3 is 21.1 Å². The van der Waals surface area contributed by atoms with E-state index in [9.17, 15) is 0 Å². The fraction of sp³-hybridized carbons (Fsp3) is 0. The van der Waals surface area contributed by atoms with Gasteiger partial charge in [0, 0.05) is 23.6 Å². The van der Waals surface area contributed by atoms with Crippen LogP contribution in [-0.4, -0.2) is 9.97 Å². The summed E-state index contributed by atoms with van der Waals surface area (Å²) in [7, 11) is 0.